The quantitative estimate of drug-likeness (QED) is 0.665. The molecule has 1 unspecified atom stereocenters. The van der Waals surface area contributed by atoms with Gasteiger partial charge in [-0.1, -0.05) is 12.1 Å². The number of anilines is 1. The molecule has 0 radical (unpaired) electrons. The molecule has 2 aromatic carbocycles. The Labute approximate surface area is 173 Å². The van der Waals surface area contributed by atoms with E-state index in [1.54, 1.807) is 55.5 Å². The Morgan fingerprint density at radius 2 is 1.80 bits per heavy atom. The first-order valence-electron chi connectivity index (χ1n) is 9.48. The van der Waals surface area contributed by atoms with Crippen LogP contribution in [-0.4, -0.2) is 43.6 Å². The third-order valence-corrected chi connectivity index (χ3v) is 4.25. The Bertz CT molecular complexity index is 915. The molecule has 3 rings (SSSR count). The SMILES string of the molecule is CCOc1ccc(OC(C)C(=O)NNC(=O)CN2C(=O)COc3ccccc32)cc1. The maximum atomic E-state index is 12.2. The van der Waals surface area contributed by atoms with Crippen molar-refractivity contribution in [3.63, 3.8) is 0 Å². The van der Waals surface area contributed by atoms with E-state index >= 15 is 0 Å². The molecular weight excluding hydrogens is 390 g/mol. The number of nitrogens with one attached hydrogen (secondary N) is 2. The van der Waals surface area contributed by atoms with Gasteiger partial charge in [-0.15, -0.1) is 0 Å². The molecule has 0 spiro atoms. The zero-order valence-electron chi connectivity index (χ0n) is 16.7. The molecule has 2 N–H and O–H groups in total. The van der Waals surface area contributed by atoms with E-state index in [2.05, 4.69) is 10.9 Å². The van der Waals surface area contributed by atoms with E-state index in [1.165, 1.54) is 4.90 Å². The second kappa shape index (κ2) is 9.64. The first-order valence-corrected chi connectivity index (χ1v) is 9.48. The fraction of sp³-hybridized carbons (Fsp3) is 0.286. The minimum Gasteiger partial charge on any atom is -0.494 e. The molecule has 0 aliphatic carbocycles. The summed E-state index contributed by atoms with van der Waals surface area (Å²) < 4.78 is 16.2. The summed E-state index contributed by atoms with van der Waals surface area (Å²) in [5, 5.41) is 0. The summed E-state index contributed by atoms with van der Waals surface area (Å²) in [6.07, 6.45) is -0.853. The van der Waals surface area contributed by atoms with E-state index in [0.717, 1.165) is 0 Å². The number of hydrogen-bond acceptors (Lipinski definition) is 6. The third kappa shape index (κ3) is 5.19. The van der Waals surface area contributed by atoms with Gasteiger partial charge in [-0.3, -0.25) is 30.1 Å². The highest BCUT2D eigenvalue weighted by Crippen LogP contribution is 2.31. The van der Waals surface area contributed by atoms with Crippen LogP contribution in [0.1, 0.15) is 13.8 Å². The second-order valence-corrected chi connectivity index (χ2v) is 6.44. The lowest BCUT2D eigenvalue weighted by Crippen LogP contribution is -2.52. The van der Waals surface area contributed by atoms with Crippen molar-refractivity contribution in [2.45, 2.75) is 20.0 Å². The molecule has 1 heterocycles. The van der Waals surface area contributed by atoms with Crippen molar-refractivity contribution < 1.29 is 28.6 Å². The van der Waals surface area contributed by atoms with Gasteiger partial charge in [-0.05, 0) is 50.2 Å². The van der Waals surface area contributed by atoms with Gasteiger partial charge in [0.1, 0.15) is 23.8 Å². The molecule has 158 valence electrons. The van der Waals surface area contributed by atoms with Crippen molar-refractivity contribution in [1.29, 1.82) is 0 Å². The van der Waals surface area contributed by atoms with E-state index in [9.17, 15) is 14.4 Å². The Kier molecular flexibility index (Phi) is 6.74. The van der Waals surface area contributed by atoms with Gasteiger partial charge in [0.05, 0.1) is 12.3 Å². The Balaban J connectivity index is 1.49. The second-order valence-electron chi connectivity index (χ2n) is 6.44. The molecule has 1 aliphatic rings. The first-order chi connectivity index (χ1) is 14.5. The minimum atomic E-state index is -0.853. The Morgan fingerprint density at radius 1 is 1.10 bits per heavy atom. The van der Waals surface area contributed by atoms with Crippen molar-refractivity contribution in [2.24, 2.45) is 0 Å². The molecule has 2 aromatic rings. The van der Waals surface area contributed by atoms with Crippen LogP contribution >= 0.6 is 0 Å². The summed E-state index contributed by atoms with van der Waals surface area (Å²) >= 11 is 0. The van der Waals surface area contributed by atoms with Crippen LogP contribution in [0.2, 0.25) is 0 Å². The van der Waals surface area contributed by atoms with Crippen molar-refractivity contribution in [3.8, 4) is 17.2 Å². The van der Waals surface area contributed by atoms with E-state index in [4.69, 9.17) is 14.2 Å². The van der Waals surface area contributed by atoms with Gasteiger partial charge in [-0.25, -0.2) is 0 Å². The van der Waals surface area contributed by atoms with E-state index in [0.29, 0.717) is 29.5 Å². The van der Waals surface area contributed by atoms with Gasteiger partial charge in [0.25, 0.3) is 17.7 Å². The Morgan fingerprint density at radius 3 is 2.53 bits per heavy atom. The number of fused-ring (bicyclic) bond motifs is 1. The smallest absolute Gasteiger partial charge is 0.279 e. The van der Waals surface area contributed by atoms with Gasteiger partial charge >= 0.3 is 0 Å². The number of amides is 3. The number of rotatable bonds is 7. The average Bonchev–Trinajstić information content (AvgIpc) is 2.75. The molecule has 1 aliphatic heterocycles. The van der Waals surface area contributed by atoms with Crippen molar-refractivity contribution >= 4 is 23.4 Å². The van der Waals surface area contributed by atoms with E-state index in [-0.39, 0.29) is 19.1 Å². The van der Waals surface area contributed by atoms with Gasteiger partial charge in [0.2, 0.25) is 0 Å². The first kappa shape index (κ1) is 21.0. The molecule has 9 heteroatoms. The predicted octanol–water partition coefficient (Wildman–Crippen LogP) is 1.43. The molecule has 0 aromatic heterocycles. The molecule has 0 saturated carbocycles. The number of carbonyl (C=O) groups excluding carboxylic acids is 3. The highest BCUT2D eigenvalue weighted by Gasteiger charge is 2.27. The number of ether oxygens (including phenoxy) is 3. The summed E-state index contributed by atoms with van der Waals surface area (Å²) in [5.41, 5.74) is 5.11. The lowest BCUT2D eigenvalue weighted by atomic mass is 10.2. The number of benzene rings is 2. The predicted molar refractivity (Wildman–Crippen MR) is 108 cm³/mol. The van der Waals surface area contributed by atoms with E-state index < -0.39 is 17.9 Å². The van der Waals surface area contributed by atoms with Crippen LogP contribution in [0, 0.1) is 0 Å². The van der Waals surface area contributed by atoms with Gasteiger partial charge in [0.15, 0.2) is 12.7 Å². The maximum Gasteiger partial charge on any atom is 0.279 e. The summed E-state index contributed by atoms with van der Waals surface area (Å²) in [6, 6.07) is 13.8. The van der Waals surface area contributed by atoms with Crippen LogP contribution in [0.5, 0.6) is 17.2 Å². The number of para-hydroxylation sites is 2. The fourth-order valence-corrected chi connectivity index (χ4v) is 2.78. The highest BCUT2D eigenvalue weighted by atomic mass is 16.5. The summed E-state index contributed by atoms with van der Waals surface area (Å²) in [6.45, 7) is 3.59. The van der Waals surface area contributed by atoms with Crippen molar-refractivity contribution in [3.05, 3.63) is 48.5 Å². The summed E-state index contributed by atoms with van der Waals surface area (Å²) in [5.74, 6) is 0.276. The molecule has 0 saturated heterocycles. The largest absolute Gasteiger partial charge is 0.494 e. The van der Waals surface area contributed by atoms with Crippen molar-refractivity contribution in [2.75, 3.05) is 24.7 Å². The van der Waals surface area contributed by atoms with Crippen LogP contribution in [0.15, 0.2) is 48.5 Å². The minimum absolute atomic E-state index is 0.149. The summed E-state index contributed by atoms with van der Waals surface area (Å²) in [4.78, 5) is 37.9. The van der Waals surface area contributed by atoms with Gasteiger partial charge < -0.3 is 14.2 Å². The fourth-order valence-electron chi connectivity index (χ4n) is 2.78. The van der Waals surface area contributed by atoms with Crippen LogP contribution in [-0.2, 0) is 14.4 Å². The molecule has 0 bridgehead atoms. The average molecular weight is 413 g/mol. The Hall–Kier alpha value is -3.75. The van der Waals surface area contributed by atoms with Crippen LogP contribution in [0.4, 0.5) is 5.69 Å². The van der Waals surface area contributed by atoms with Crippen LogP contribution < -0.4 is 30.0 Å². The van der Waals surface area contributed by atoms with Crippen LogP contribution in [0.25, 0.3) is 0 Å². The zero-order chi connectivity index (χ0) is 21.5. The standard InChI is InChI=1S/C21H23N3O6/c1-3-28-15-8-10-16(11-9-15)30-14(2)21(27)23-22-19(25)12-24-17-6-4-5-7-18(17)29-13-20(24)26/h4-11,14H,3,12-13H2,1-2H3,(H,22,25)(H,23,27). The molecular formula is C21H23N3O6. The molecule has 9 nitrogen and oxygen atoms in total. The van der Waals surface area contributed by atoms with Crippen molar-refractivity contribution in [1.82, 2.24) is 10.9 Å². The molecule has 1 atom stereocenters. The highest BCUT2D eigenvalue weighted by molar-refractivity contribution is 6.02. The molecule has 30 heavy (non-hydrogen) atoms. The lowest BCUT2D eigenvalue weighted by Gasteiger charge is -2.28. The third-order valence-electron chi connectivity index (χ3n) is 4.25. The maximum absolute atomic E-state index is 12.2. The summed E-state index contributed by atoms with van der Waals surface area (Å²) in [7, 11) is 0. The van der Waals surface area contributed by atoms with Gasteiger partial charge in [0, 0.05) is 0 Å². The van der Waals surface area contributed by atoms with Gasteiger partial charge in [-0.2, -0.15) is 0 Å². The lowest BCUT2D eigenvalue weighted by molar-refractivity contribution is -0.132. The number of hydrazine groups is 1. The topological polar surface area (TPSA) is 106 Å². The number of hydrogen-bond donors (Lipinski definition) is 2. The van der Waals surface area contributed by atoms with Crippen LogP contribution in [0.3, 0.4) is 0 Å². The number of nitrogens with zero attached hydrogens (tertiary/aromatic N) is 1. The molecule has 3 amide bonds. The normalized spacial score (nSPS) is 13.5. The number of carbonyl (C=O) groups is 3. The zero-order valence-corrected chi connectivity index (χ0v) is 16.7. The van der Waals surface area contributed by atoms with E-state index in [1.807, 2.05) is 6.92 Å². The molecule has 0 fully saturated rings. The monoisotopic (exact) mass is 413 g/mol.